The van der Waals surface area contributed by atoms with Crippen molar-refractivity contribution in [3.63, 3.8) is 0 Å². The van der Waals surface area contributed by atoms with Crippen molar-refractivity contribution in [2.75, 3.05) is 10.6 Å². The smallest absolute Gasteiger partial charge is 0.258 e. The summed E-state index contributed by atoms with van der Waals surface area (Å²) >= 11 is 0. The summed E-state index contributed by atoms with van der Waals surface area (Å²) in [6.07, 6.45) is 1.67. The number of nitrogens with zero attached hydrogens (tertiary/aromatic N) is 1. The fourth-order valence-corrected chi connectivity index (χ4v) is 2.68. The van der Waals surface area contributed by atoms with Gasteiger partial charge in [-0.1, -0.05) is 29.8 Å². The van der Waals surface area contributed by atoms with E-state index in [1.165, 1.54) is 0 Å². The van der Waals surface area contributed by atoms with Crippen molar-refractivity contribution in [1.82, 2.24) is 4.98 Å². The van der Waals surface area contributed by atoms with Crippen LogP contribution in [-0.4, -0.2) is 22.6 Å². The van der Waals surface area contributed by atoms with Crippen LogP contribution in [0.2, 0.25) is 0 Å². The first-order chi connectivity index (χ1) is 13.8. The lowest BCUT2D eigenvalue weighted by Crippen LogP contribution is -2.19. The molecule has 0 spiro atoms. The maximum Gasteiger partial charge on any atom is 0.258 e. The summed E-state index contributed by atoms with van der Waals surface area (Å²) in [7, 11) is 0. The van der Waals surface area contributed by atoms with Crippen molar-refractivity contribution in [3.8, 4) is 0 Å². The number of nitrogen functional groups attached to an aromatic ring is 1. The molecule has 0 bridgehead atoms. The summed E-state index contributed by atoms with van der Waals surface area (Å²) in [5.41, 5.74) is 8.95. The van der Waals surface area contributed by atoms with Crippen molar-refractivity contribution < 1.29 is 9.59 Å². The van der Waals surface area contributed by atoms with Gasteiger partial charge in [0.1, 0.15) is 11.7 Å². The van der Waals surface area contributed by atoms with E-state index in [1.807, 2.05) is 26.0 Å². The van der Waals surface area contributed by atoms with Crippen LogP contribution < -0.4 is 16.4 Å². The molecule has 7 nitrogen and oxygen atoms in total. The largest absolute Gasteiger partial charge is 0.384 e. The highest BCUT2D eigenvalue weighted by atomic mass is 16.2. The molecule has 2 amide bonds. The topological polar surface area (TPSA) is 121 Å². The Morgan fingerprint density at radius 2 is 1.52 bits per heavy atom. The number of carbonyl (C=O) groups is 2. The molecule has 1 heterocycles. The maximum absolute atomic E-state index is 12.8. The van der Waals surface area contributed by atoms with Gasteiger partial charge in [0, 0.05) is 17.3 Å². The van der Waals surface area contributed by atoms with Gasteiger partial charge in [-0.15, -0.1) is 0 Å². The monoisotopic (exact) mass is 387 g/mol. The molecule has 0 unspecified atom stereocenters. The zero-order valence-corrected chi connectivity index (χ0v) is 16.1. The fraction of sp³-hybridized carbons (Fsp3) is 0.0909. The van der Waals surface area contributed by atoms with E-state index in [4.69, 9.17) is 11.1 Å². The van der Waals surface area contributed by atoms with Crippen LogP contribution >= 0.6 is 0 Å². The quantitative estimate of drug-likeness (QED) is 0.395. The lowest BCUT2D eigenvalue weighted by atomic mass is 10.1. The number of hydrogen-bond donors (Lipinski definition) is 4. The van der Waals surface area contributed by atoms with E-state index in [9.17, 15) is 9.59 Å². The molecule has 3 aromatic rings. The predicted octanol–water partition coefficient (Wildman–Crippen LogP) is 3.49. The first-order valence-electron chi connectivity index (χ1n) is 8.94. The number of rotatable bonds is 5. The molecule has 0 atom stereocenters. The van der Waals surface area contributed by atoms with Crippen LogP contribution in [0.5, 0.6) is 0 Å². The third kappa shape index (κ3) is 4.84. The van der Waals surface area contributed by atoms with E-state index in [1.54, 1.807) is 48.7 Å². The molecular weight excluding hydrogens is 366 g/mol. The molecule has 7 heteroatoms. The summed E-state index contributed by atoms with van der Waals surface area (Å²) in [5.74, 6) is -0.378. The minimum atomic E-state index is -0.369. The van der Waals surface area contributed by atoms with Gasteiger partial charge < -0.3 is 16.4 Å². The maximum atomic E-state index is 12.8. The number of nitrogens with two attached hydrogens (primary N) is 1. The Labute approximate surface area is 168 Å². The molecule has 2 aromatic carbocycles. The van der Waals surface area contributed by atoms with Crippen molar-refractivity contribution in [2.24, 2.45) is 5.73 Å². The summed E-state index contributed by atoms with van der Waals surface area (Å²) in [5, 5.41) is 12.9. The second-order valence-electron chi connectivity index (χ2n) is 6.67. The van der Waals surface area contributed by atoms with Gasteiger partial charge in [0.2, 0.25) is 0 Å². The molecule has 0 aliphatic carbocycles. The molecule has 3 rings (SSSR count). The van der Waals surface area contributed by atoms with E-state index in [-0.39, 0.29) is 17.6 Å². The average Bonchev–Trinajstić information content (AvgIpc) is 2.71. The Morgan fingerprint density at radius 1 is 0.862 bits per heavy atom. The molecule has 0 aliphatic heterocycles. The molecule has 0 aliphatic rings. The highest BCUT2D eigenvalue weighted by molar-refractivity contribution is 6.12. The van der Waals surface area contributed by atoms with E-state index < -0.39 is 0 Å². The molecule has 1 aromatic heterocycles. The Morgan fingerprint density at radius 3 is 2.14 bits per heavy atom. The van der Waals surface area contributed by atoms with Crippen LogP contribution in [0.15, 0.2) is 60.8 Å². The second kappa shape index (κ2) is 8.35. The number of nitrogens with one attached hydrogen (secondary N) is 3. The molecular formula is C22H21N5O2. The number of amides is 2. The zero-order chi connectivity index (χ0) is 21.0. The number of hydrogen-bond acceptors (Lipinski definition) is 4. The van der Waals surface area contributed by atoms with Gasteiger partial charge in [0.05, 0.1) is 11.3 Å². The van der Waals surface area contributed by atoms with Crippen LogP contribution in [0, 0.1) is 19.3 Å². The van der Waals surface area contributed by atoms with E-state index in [2.05, 4.69) is 15.6 Å². The summed E-state index contributed by atoms with van der Waals surface area (Å²) < 4.78 is 0. The van der Waals surface area contributed by atoms with Gasteiger partial charge in [-0.25, -0.2) is 4.98 Å². The predicted molar refractivity (Wildman–Crippen MR) is 114 cm³/mol. The lowest BCUT2D eigenvalue weighted by Gasteiger charge is -2.12. The number of aryl methyl sites for hydroxylation is 2. The van der Waals surface area contributed by atoms with Crippen LogP contribution in [0.25, 0.3) is 0 Å². The Balaban J connectivity index is 1.82. The fourth-order valence-electron chi connectivity index (χ4n) is 2.68. The van der Waals surface area contributed by atoms with Gasteiger partial charge >= 0.3 is 0 Å². The third-order valence-electron chi connectivity index (χ3n) is 4.28. The summed E-state index contributed by atoms with van der Waals surface area (Å²) in [6, 6.07) is 15.1. The molecule has 0 radical (unpaired) electrons. The summed E-state index contributed by atoms with van der Waals surface area (Å²) in [4.78, 5) is 29.6. The zero-order valence-electron chi connectivity index (χ0n) is 16.1. The van der Waals surface area contributed by atoms with Gasteiger partial charge in [-0.05, 0) is 49.7 Å². The van der Waals surface area contributed by atoms with Gasteiger partial charge in [-0.2, -0.15) is 0 Å². The van der Waals surface area contributed by atoms with Crippen LogP contribution in [0.3, 0.4) is 0 Å². The first-order valence-corrected chi connectivity index (χ1v) is 8.94. The van der Waals surface area contributed by atoms with E-state index in [0.717, 1.165) is 11.1 Å². The Kier molecular flexibility index (Phi) is 5.69. The highest BCUT2D eigenvalue weighted by Gasteiger charge is 2.16. The van der Waals surface area contributed by atoms with E-state index in [0.29, 0.717) is 28.2 Å². The lowest BCUT2D eigenvalue weighted by molar-refractivity contribution is 0.102. The number of pyridine rings is 1. The van der Waals surface area contributed by atoms with Crippen LogP contribution in [0.1, 0.15) is 37.4 Å². The third-order valence-corrected chi connectivity index (χ3v) is 4.28. The average molecular weight is 387 g/mol. The molecule has 146 valence electrons. The van der Waals surface area contributed by atoms with Gasteiger partial charge in [-0.3, -0.25) is 15.0 Å². The van der Waals surface area contributed by atoms with E-state index >= 15 is 0 Å². The van der Waals surface area contributed by atoms with Crippen molar-refractivity contribution in [1.29, 1.82) is 5.41 Å². The van der Waals surface area contributed by atoms with Gasteiger partial charge in [0.25, 0.3) is 11.8 Å². The van der Waals surface area contributed by atoms with Gasteiger partial charge in [0.15, 0.2) is 0 Å². The molecule has 29 heavy (non-hydrogen) atoms. The molecule has 0 fully saturated rings. The number of carbonyl (C=O) groups excluding carboxylic acids is 2. The van der Waals surface area contributed by atoms with Crippen molar-refractivity contribution in [3.05, 3.63) is 88.6 Å². The van der Waals surface area contributed by atoms with Crippen LogP contribution in [0.4, 0.5) is 11.5 Å². The Hall–Kier alpha value is -4.00. The normalized spacial score (nSPS) is 10.3. The standard InChI is InChI=1S/C22H21N5O2/c1-13-3-9-18(26-21(28)16-7-5-15(6-8-16)20(23)24)17(11-13)22(29)27-19-10-4-14(2)12-25-19/h3-12H,1-2H3,(H3,23,24)(H,26,28)(H,25,27,29). The SMILES string of the molecule is Cc1ccc(NC(=O)c2cc(C)ccc2NC(=O)c2ccc(C(=N)N)cc2)nc1. The first kappa shape index (κ1) is 19.8. The molecule has 5 N–H and O–H groups in total. The summed E-state index contributed by atoms with van der Waals surface area (Å²) in [6.45, 7) is 3.78. The minimum absolute atomic E-state index is 0.0702. The number of anilines is 2. The second-order valence-corrected chi connectivity index (χ2v) is 6.67. The number of benzene rings is 2. The number of aromatic nitrogens is 1. The molecule has 0 saturated carbocycles. The minimum Gasteiger partial charge on any atom is -0.384 e. The number of amidine groups is 1. The highest BCUT2D eigenvalue weighted by Crippen LogP contribution is 2.20. The Bertz CT molecular complexity index is 1070. The molecule has 0 saturated heterocycles. The van der Waals surface area contributed by atoms with Crippen LogP contribution in [-0.2, 0) is 0 Å². The van der Waals surface area contributed by atoms with Crippen molar-refractivity contribution >= 4 is 29.2 Å². The van der Waals surface area contributed by atoms with Crippen molar-refractivity contribution in [2.45, 2.75) is 13.8 Å².